The number of aryl methyl sites for hydroxylation is 4. The van der Waals surface area contributed by atoms with Crippen molar-refractivity contribution < 1.29 is 9.05 Å². The van der Waals surface area contributed by atoms with Crippen LogP contribution in [0.2, 0.25) is 0 Å². The zero-order valence-corrected chi connectivity index (χ0v) is 19.1. The fourth-order valence-corrected chi connectivity index (χ4v) is 3.10. The van der Waals surface area contributed by atoms with E-state index < -0.39 is 0 Å². The fourth-order valence-electron chi connectivity index (χ4n) is 3.10. The van der Waals surface area contributed by atoms with Gasteiger partial charge in [0.1, 0.15) is 11.5 Å². The summed E-state index contributed by atoms with van der Waals surface area (Å²) in [7, 11) is 0. The maximum Gasteiger partial charge on any atom is 0.137 e. The number of hydrogen-bond acceptors (Lipinski definition) is 4. The summed E-state index contributed by atoms with van der Waals surface area (Å²) in [4.78, 5) is 0. The molecule has 0 fully saturated rings. The second kappa shape index (κ2) is 10.5. The lowest BCUT2D eigenvalue weighted by molar-refractivity contribution is 0.387. The molecule has 26 heavy (non-hydrogen) atoms. The summed E-state index contributed by atoms with van der Waals surface area (Å²) in [6, 6.07) is 0. The molecule has 2 heterocycles. The lowest BCUT2D eigenvalue weighted by Crippen LogP contribution is -2.17. The molecule has 4 heteroatoms. The third-order valence-electron chi connectivity index (χ3n) is 5.14. The van der Waals surface area contributed by atoms with E-state index in [-0.39, 0.29) is 5.41 Å². The largest absolute Gasteiger partial charge is 0.361 e. The van der Waals surface area contributed by atoms with Gasteiger partial charge in [-0.15, -0.1) is 0 Å². The van der Waals surface area contributed by atoms with Crippen molar-refractivity contribution in [2.24, 2.45) is 5.92 Å². The van der Waals surface area contributed by atoms with Crippen molar-refractivity contribution in [1.82, 2.24) is 10.3 Å². The topological polar surface area (TPSA) is 52.1 Å². The third kappa shape index (κ3) is 6.00. The Morgan fingerprint density at radius 3 is 1.62 bits per heavy atom. The quantitative estimate of drug-likeness (QED) is 0.583. The second-order valence-electron chi connectivity index (χ2n) is 7.71. The Hall–Kier alpha value is -1.58. The Morgan fingerprint density at radius 2 is 1.31 bits per heavy atom. The van der Waals surface area contributed by atoms with E-state index in [1.54, 1.807) is 0 Å². The van der Waals surface area contributed by atoms with E-state index in [0.717, 1.165) is 29.3 Å². The molecule has 2 aromatic heterocycles. The van der Waals surface area contributed by atoms with E-state index in [2.05, 4.69) is 51.9 Å². The van der Waals surface area contributed by atoms with E-state index in [0.29, 0.717) is 11.8 Å². The zero-order valence-electron chi connectivity index (χ0n) is 19.1. The molecule has 0 N–H and O–H groups in total. The first-order chi connectivity index (χ1) is 12.0. The van der Waals surface area contributed by atoms with Gasteiger partial charge in [-0.25, -0.2) is 0 Å². The molecule has 0 aromatic carbocycles. The molecule has 0 amide bonds. The molecule has 0 spiro atoms. The van der Waals surface area contributed by atoms with Crippen molar-refractivity contribution in [2.75, 3.05) is 0 Å². The van der Waals surface area contributed by atoms with Crippen molar-refractivity contribution >= 4 is 0 Å². The molecule has 2 rings (SSSR count). The number of hydrogen-bond donors (Lipinski definition) is 0. The van der Waals surface area contributed by atoms with Crippen LogP contribution >= 0.6 is 0 Å². The van der Waals surface area contributed by atoms with Gasteiger partial charge in [0.05, 0.1) is 11.4 Å². The maximum absolute atomic E-state index is 5.13. The SMILES string of the molecule is CC.CCC(C)(C)c1c(C)noc1C.Cc1noc(C)c1C(C)C(C)C. The van der Waals surface area contributed by atoms with Crippen LogP contribution in [0.1, 0.15) is 102 Å². The number of aromatic nitrogens is 2. The minimum absolute atomic E-state index is 0.189. The molecule has 2 aromatic rings. The Morgan fingerprint density at radius 1 is 0.846 bits per heavy atom. The Kier molecular flexibility index (Phi) is 9.90. The average molecular weight is 365 g/mol. The molecule has 0 aliphatic rings. The first kappa shape index (κ1) is 24.4. The Bertz CT molecular complexity index is 612. The van der Waals surface area contributed by atoms with Gasteiger partial charge in [0, 0.05) is 11.1 Å². The lowest BCUT2D eigenvalue weighted by Gasteiger charge is -2.22. The highest BCUT2D eigenvalue weighted by molar-refractivity contribution is 5.29. The van der Waals surface area contributed by atoms with Crippen LogP contribution in [0.4, 0.5) is 0 Å². The van der Waals surface area contributed by atoms with Crippen LogP contribution in [0.15, 0.2) is 9.05 Å². The monoisotopic (exact) mass is 364 g/mol. The highest BCUT2D eigenvalue weighted by Crippen LogP contribution is 2.31. The highest BCUT2D eigenvalue weighted by atomic mass is 16.5. The summed E-state index contributed by atoms with van der Waals surface area (Å²) < 4.78 is 10.3. The molecule has 0 saturated carbocycles. The van der Waals surface area contributed by atoms with Gasteiger partial charge in [0.2, 0.25) is 0 Å². The van der Waals surface area contributed by atoms with Gasteiger partial charge in [-0.2, -0.15) is 0 Å². The van der Waals surface area contributed by atoms with Gasteiger partial charge in [-0.3, -0.25) is 0 Å². The first-order valence-electron chi connectivity index (χ1n) is 9.89. The van der Waals surface area contributed by atoms with Gasteiger partial charge in [0.25, 0.3) is 0 Å². The third-order valence-corrected chi connectivity index (χ3v) is 5.14. The predicted octanol–water partition coefficient (Wildman–Crippen LogP) is 7.06. The van der Waals surface area contributed by atoms with Crippen LogP contribution in [-0.4, -0.2) is 10.3 Å². The summed E-state index contributed by atoms with van der Waals surface area (Å²) in [6.07, 6.45) is 1.11. The van der Waals surface area contributed by atoms with E-state index in [9.17, 15) is 0 Å². The first-order valence-corrected chi connectivity index (χ1v) is 9.89. The summed E-state index contributed by atoms with van der Waals surface area (Å²) >= 11 is 0. The minimum Gasteiger partial charge on any atom is -0.361 e. The molecular formula is C22H40N2O2. The van der Waals surface area contributed by atoms with E-state index in [1.165, 1.54) is 11.1 Å². The van der Waals surface area contributed by atoms with Crippen molar-refractivity contribution in [3.05, 3.63) is 34.0 Å². The molecule has 1 unspecified atom stereocenters. The van der Waals surface area contributed by atoms with E-state index in [4.69, 9.17) is 9.05 Å². The van der Waals surface area contributed by atoms with Crippen LogP contribution in [0.3, 0.4) is 0 Å². The van der Waals surface area contributed by atoms with Gasteiger partial charge in [0.15, 0.2) is 0 Å². The molecule has 0 aliphatic heterocycles. The van der Waals surface area contributed by atoms with Crippen molar-refractivity contribution in [3.63, 3.8) is 0 Å². The van der Waals surface area contributed by atoms with Crippen molar-refractivity contribution in [1.29, 1.82) is 0 Å². The van der Waals surface area contributed by atoms with E-state index in [1.807, 2.05) is 41.5 Å². The van der Waals surface area contributed by atoms with Gasteiger partial charge in [-0.05, 0) is 51.4 Å². The van der Waals surface area contributed by atoms with Gasteiger partial charge in [-0.1, -0.05) is 65.7 Å². The van der Waals surface area contributed by atoms with Crippen LogP contribution in [0.5, 0.6) is 0 Å². The molecule has 0 radical (unpaired) electrons. The maximum atomic E-state index is 5.13. The molecule has 1 atom stereocenters. The van der Waals surface area contributed by atoms with E-state index >= 15 is 0 Å². The smallest absolute Gasteiger partial charge is 0.137 e. The normalized spacial score (nSPS) is 12.2. The summed E-state index contributed by atoms with van der Waals surface area (Å²) in [5, 5.41) is 7.90. The molecule has 0 saturated heterocycles. The van der Waals surface area contributed by atoms with Crippen molar-refractivity contribution in [3.8, 4) is 0 Å². The number of rotatable bonds is 4. The van der Waals surface area contributed by atoms with Crippen LogP contribution in [0, 0.1) is 33.6 Å². The standard InChI is InChI=1S/2C10H17NO.C2H6/c1-6-10(4,5)9-7(2)11-12-8(9)3;1-6(2)7(3)10-8(4)11-12-9(10)5;1-2/h6H2,1-5H3;6-7H,1-5H3;1-2H3. The molecule has 0 bridgehead atoms. The summed E-state index contributed by atoms with van der Waals surface area (Å²) in [5.74, 6) is 3.10. The second-order valence-corrected chi connectivity index (χ2v) is 7.71. The van der Waals surface area contributed by atoms with Gasteiger partial charge >= 0.3 is 0 Å². The summed E-state index contributed by atoms with van der Waals surface area (Å²) in [6.45, 7) is 25.3. The Balaban J connectivity index is 0.000000439. The van der Waals surface area contributed by atoms with Gasteiger partial charge < -0.3 is 9.05 Å². The highest BCUT2D eigenvalue weighted by Gasteiger charge is 2.25. The van der Waals surface area contributed by atoms with Crippen LogP contribution < -0.4 is 0 Å². The molecular weight excluding hydrogens is 324 g/mol. The van der Waals surface area contributed by atoms with Crippen LogP contribution in [-0.2, 0) is 5.41 Å². The Labute approximate surface area is 160 Å². The predicted molar refractivity (Wildman–Crippen MR) is 110 cm³/mol. The lowest BCUT2D eigenvalue weighted by atomic mass is 9.81. The molecule has 4 nitrogen and oxygen atoms in total. The number of nitrogens with zero attached hydrogens (tertiary/aromatic N) is 2. The summed E-state index contributed by atoms with van der Waals surface area (Å²) in [5.41, 5.74) is 4.80. The molecule has 150 valence electrons. The van der Waals surface area contributed by atoms with Crippen molar-refractivity contribution in [2.45, 2.75) is 101 Å². The average Bonchev–Trinajstić information content (AvgIpc) is 3.11. The van der Waals surface area contributed by atoms with Crippen LogP contribution in [0.25, 0.3) is 0 Å². The minimum atomic E-state index is 0.189. The molecule has 0 aliphatic carbocycles. The zero-order chi connectivity index (χ0) is 20.7. The fraction of sp³-hybridized carbons (Fsp3) is 0.727.